The van der Waals surface area contributed by atoms with Crippen molar-refractivity contribution in [3.63, 3.8) is 0 Å². The second-order valence-electron chi connectivity index (χ2n) is 43.8. The first-order valence-electron chi connectivity index (χ1n) is 52.0. The highest BCUT2D eigenvalue weighted by molar-refractivity contribution is 6.63. The maximum absolute atomic E-state index is 18.9. The molecular weight excluding hydrogens is 1830 g/mol. The monoisotopic (exact) mass is 1930 g/mol. The second kappa shape index (κ2) is 31.2. The number of benzene rings is 22. The average molecular weight is 1930 g/mol. The molecule has 0 bridgehead atoms. The van der Waals surface area contributed by atoms with Gasteiger partial charge in [0.1, 0.15) is 0 Å². The highest BCUT2D eigenvalue weighted by Crippen LogP contribution is 2.64. The van der Waals surface area contributed by atoms with Crippen molar-refractivity contribution in [2.24, 2.45) is 0 Å². The van der Waals surface area contributed by atoms with Gasteiger partial charge in [-0.1, -0.05) is 256 Å². The molecule has 718 valence electrons. The molecule has 0 radical (unpaired) electrons. The molecule has 16 heteroatoms. The van der Waals surface area contributed by atoms with E-state index >= 15 is 38.4 Å². The van der Waals surface area contributed by atoms with Gasteiger partial charge in [-0.25, -0.2) is 18.3 Å². The fraction of sp³-hybridized carbons (Fsp3) is 0.182. The highest BCUT2D eigenvalue weighted by atomic mass is 16.2. The third-order valence-corrected chi connectivity index (χ3v) is 33.1. The van der Waals surface area contributed by atoms with Crippen molar-refractivity contribution < 1.29 is 0 Å². The number of hydrogen-bond acceptors (Lipinski definition) is 10. The number of rotatable bonds is 20. The predicted molar refractivity (Wildman–Crippen MR) is 615 cm³/mol. The van der Waals surface area contributed by atoms with Crippen LogP contribution in [-0.4, -0.2) is 27.4 Å². The van der Waals surface area contributed by atoms with Gasteiger partial charge in [0, 0.05) is 153 Å². The molecule has 16 nitrogen and oxygen atoms in total. The van der Waals surface area contributed by atoms with E-state index in [-0.39, 0.29) is 90.4 Å². The summed E-state index contributed by atoms with van der Waals surface area (Å²) in [6.07, 6.45) is 0. The van der Waals surface area contributed by atoms with E-state index in [4.69, 9.17) is 0 Å². The van der Waals surface area contributed by atoms with Crippen LogP contribution in [0.2, 0.25) is 0 Å². The van der Waals surface area contributed by atoms with Crippen LogP contribution in [0.4, 0.5) is 34.1 Å². The Balaban J connectivity index is 0.942. The summed E-state index contributed by atoms with van der Waals surface area (Å²) in [7, 11) is 0. The molecule has 22 aromatic carbocycles. The molecule has 0 aliphatic rings. The molecule has 28 rings (SSSR count). The third-order valence-electron chi connectivity index (χ3n) is 33.1. The van der Waals surface area contributed by atoms with E-state index in [9.17, 15) is 0 Å². The predicted octanol–water partition coefficient (Wildman–Crippen LogP) is 30.7. The van der Waals surface area contributed by atoms with E-state index < -0.39 is 44.5 Å². The Bertz CT molecular complexity index is 10200. The van der Waals surface area contributed by atoms with Crippen LogP contribution in [0.1, 0.15) is 203 Å². The minimum absolute atomic E-state index is 0.177. The molecule has 0 aliphatic heterocycles. The molecule has 6 aromatic heterocycles. The Morgan fingerprint density at radius 1 is 0.155 bits per heavy atom. The molecule has 0 N–H and O–H groups in total. The molecule has 0 saturated heterocycles. The smallest absolute Gasteiger partial charge is 0.266 e. The van der Waals surface area contributed by atoms with Crippen molar-refractivity contribution in [3.8, 4) is 34.1 Å². The largest absolute Gasteiger partial charge is 0.311 e. The third kappa shape index (κ3) is 11.3. The van der Waals surface area contributed by atoms with Crippen LogP contribution in [0.3, 0.4) is 0 Å². The summed E-state index contributed by atoms with van der Waals surface area (Å²) in [6, 6.07) is 93.5. The summed E-state index contributed by atoms with van der Waals surface area (Å²) >= 11 is 0. The van der Waals surface area contributed by atoms with Crippen molar-refractivity contribution in [3.05, 3.63) is 406 Å². The second-order valence-corrected chi connectivity index (χ2v) is 43.8. The van der Waals surface area contributed by atoms with E-state index in [0.717, 1.165) is 78.6 Å². The fourth-order valence-electron chi connectivity index (χ4n) is 26.9. The van der Waals surface area contributed by atoms with Crippen LogP contribution in [0, 0.1) is 0 Å². The maximum atomic E-state index is 18.9. The van der Waals surface area contributed by atoms with Crippen molar-refractivity contribution in [1.29, 1.82) is 0 Å². The van der Waals surface area contributed by atoms with Crippen molar-refractivity contribution in [2.75, 3.05) is 9.80 Å². The Morgan fingerprint density at radius 2 is 0.338 bits per heavy atom. The minimum atomic E-state index is -0.617. The summed E-state index contributed by atoms with van der Waals surface area (Å²) < 4.78 is 10.1. The van der Waals surface area contributed by atoms with Gasteiger partial charge in [-0.3, -0.25) is 38.4 Å². The quantitative estimate of drug-likeness (QED) is 0.0528. The molecule has 0 aliphatic carbocycles. The molecule has 0 unspecified atom stereocenters. The summed E-state index contributed by atoms with van der Waals surface area (Å²) in [6.45, 7) is 33.3. The number of fused-ring (bicyclic) bond motifs is 4. The van der Waals surface area contributed by atoms with Gasteiger partial charge in [-0.05, 0) is 247 Å². The zero-order valence-electron chi connectivity index (χ0n) is 85.0. The standard InChI is InChI=1S/C132H102N8O8/c1-63(2)79-41-29-42-80(64(3)4)121(79)137-125(141)89-57-87-101-111-99(89)91(127(137)143)59-95-107(111)109-97(135(95)77-53-49-75(50-54-77)133(71-33-21-17-22-34-71)72-35-23-18-24-36-72)61-93-106-113(109)115(101)118-104(120(106)132(148)140(129(93)145)124-85(69(13)14)47-32-48-86(124)70(15)16)88-58-90-100-92(128(144)138(126(90)142)122-81(65(5)6)43-30-44-82(122)66(7)8)60-96-108-110-98(136(96)78-55-51-76(52-56-78)134(73-37-25-19-26-38-73)74-39-27-20-28-40-74)62-94-105-114(110)116(102(88)112(100)108)117(118)103(87)119(105)131(147)139(130(94)146)123-83(67(9)10)45-31-46-84(123)68(11)12/h17-70H,1-16H3. The molecular formula is C132H102N8O8. The van der Waals surface area contributed by atoms with E-state index in [1.165, 1.54) is 18.3 Å². The lowest BCUT2D eigenvalue weighted by Gasteiger charge is -2.29. The van der Waals surface area contributed by atoms with Crippen LogP contribution in [0.5, 0.6) is 0 Å². The van der Waals surface area contributed by atoms with E-state index in [1.807, 2.05) is 182 Å². The topological polar surface area (TPSA) is 173 Å². The molecule has 0 atom stereocenters. The summed E-state index contributed by atoms with van der Waals surface area (Å²) in [5, 5.41) is 13.0. The van der Waals surface area contributed by atoms with Crippen molar-refractivity contribution >= 4 is 218 Å². The SMILES string of the molecule is CC(C)c1cccc(C(C)C)c1-n1c(=O)c2cc3c4c5c(=O)n(-c6c(C(C)C)cccc6C(C)C)c(=O)c6cc7c8c(c65)c5c6c(cc9c(=O)n(-c%10c(C(C)C)cccc%10C(C)C)c(=O)c%10cc(c8c6c9%10)n7-c6ccc(N(c7ccccc7)c7ccccc7)cc6)c6c7c(=O)n(-c8c(C(C)C)cccc8C(C)C)c(=O)c8cc9c%10c(c87)c(c3c3c2c(cc(c3%10)n9-c2ccc(N(c3ccccc3)c3ccccc3)cc2)c1=O)c6c45. The average Bonchev–Trinajstić information content (AvgIpc) is 1.27. The summed E-state index contributed by atoms with van der Waals surface area (Å²) in [4.78, 5) is 149. The summed E-state index contributed by atoms with van der Waals surface area (Å²) in [5.41, 5.74) is 12.4. The molecule has 28 aromatic rings. The molecule has 148 heavy (non-hydrogen) atoms. The van der Waals surface area contributed by atoms with Crippen molar-refractivity contribution in [1.82, 2.24) is 27.4 Å². The lowest BCUT2D eigenvalue weighted by Crippen LogP contribution is -2.34. The Morgan fingerprint density at radius 3 is 0.568 bits per heavy atom. The molecule has 0 fully saturated rings. The molecule has 0 saturated carbocycles. The van der Waals surface area contributed by atoms with Gasteiger partial charge in [0.25, 0.3) is 44.5 Å². The number of hydrogen-bond donors (Lipinski definition) is 0. The van der Waals surface area contributed by atoms with Crippen LogP contribution >= 0.6 is 0 Å². The van der Waals surface area contributed by atoms with E-state index in [1.54, 1.807) is 0 Å². The van der Waals surface area contributed by atoms with Gasteiger partial charge in [0.15, 0.2) is 0 Å². The van der Waals surface area contributed by atoms with Gasteiger partial charge in [-0.2, -0.15) is 0 Å². The van der Waals surface area contributed by atoms with Crippen LogP contribution in [0.15, 0.2) is 317 Å². The lowest BCUT2D eigenvalue weighted by molar-refractivity contribution is 0.792. The van der Waals surface area contributed by atoms with Gasteiger partial charge >= 0.3 is 0 Å². The minimum Gasteiger partial charge on any atom is -0.311 e. The number of anilines is 6. The van der Waals surface area contributed by atoms with Gasteiger partial charge < -0.3 is 18.9 Å². The van der Waals surface area contributed by atoms with Crippen LogP contribution in [-0.2, 0) is 0 Å². The molecule has 0 amide bonds. The highest BCUT2D eigenvalue weighted by Gasteiger charge is 2.42. The van der Waals surface area contributed by atoms with Crippen molar-refractivity contribution in [2.45, 2.75) is 158 Å². The van der Waals surface area contributed by atoms with Gasteiger partial charge in [0.05, 0.1) is 77.1 Å². The first-order chi connectivity index (χ1) is 71.6. The molecule has 0 spiro atoms. The lowest BCUT2D eigenvalue weighted by atomic mass is 9.73. The fourth-order valence-corrected chi connectivity index (χ4v) is 26.9. The van der Waals surface area contributed by atoms with Crippen LogP contribution in [0.25, 0.3) is 218 Å². The zero-order valence-corrected chi connectivity index (χ0v) is 85.0. The number of para-hydroxylation sites is 8. The molecule has 6 heterocycles. The first kappa shape index (κ1) is 88.5. The Kier molecular flexibility index (Phi) is 18.6. The number of aromatic nitrogens is 6. The van der Waals surface area contributed by atoms with Crippen LogP contribution < -0.4 is 54.3 Å². The normalized spacial score (nSPS) is 12.9. The van der Waals surface area contributed by atoms with Gasteiger partial charge in [-0.15, -0.1) is 0 Å². The first-order valence-corrected chi connectivity index (χ1v) is 52.0. The Labute approximate surface area is 848 Å². The number of pyridine rings is 4. The number of nitrogens with zero attached hydrogens (tertiary/aromatic N) is 8. The Hall–Kier alpha value is -17.2. The zero-order chi connectivity index (χ0) is 102. The summed E-state index contributed by atoms with van der Waals surface area (Å²) in [5.74, 6) is -1.75. The maximum Gasteiger partial charge on any atom is 0.266 e. The van der Waals surface area contributed by atoms with E-state index in [2.05, 4.69) is 227 Å². The van der Waals surface area contributed by atoms with E-state index in [0.29, 0.717) is 175 Å². The van der Waals surface area contributed by atoms with Gasteiger partial charge in [0.2, 0.25) is 0 Å².